The topological polar surface area (TPSA) is 74.6 Å². The van der Waals surface area contributed by atoms with Crippen molar-refractivity contribution in [3.05, 3.63) is 34.9 Å². The predicted molar refractivity (Wildman–Crippen MR) is 66.1 cm³/mol. The van der Waals surface area contributed by atoms with Crippen LogP contribution in [-0.2, 0) is 21.3 Å². The van der Waals surface area contributed by atoms with Crippen molar-refractivity contribution in [2.45, 2.75) is 24.3 Å². The van der Waals surface area contributed by atoms with Gasteiger partial charge in [0, 0.05) is 11.8 Å². The second-order valence-electron chi connectivity index (χ2n) is 3.61. The zero-order valence-electron chi connectivity index (χ0n) is 9.10. The Hall–Kier alpha value is -1.20. The van der Waals surface area contributed by atoms with Crippen molar-refractivity contribution in [1.82, 2.24) is 0 Å². The number of aliphatic carboxylic acids is 1. The maximum absolute atomic E-state index is 10.6. The maximum atomic E-state index is 10.6. The van der Waals surface area contributed by atoms with Gasteiger partial charge in [-0.3, -0.25) is 0 Å². The average Bonchev–Trinajstić information content (AvgIpc) is 2.35. The number of carboxylic acid groups (broad SMARTS) is 1. The molecule has 0 aromatic heterocycles. The number of aldehydes is 1. The summed E-state index contributed by atoms with van der Waals surface area (Å²) in [5, 5.41) is 18.7. The minimum absolute atomic E-state index is 0.349. The van der Waals surface area contributed by atoms with Gasteiger partial charge in [0.1, 0.15) is 6.29 Å². The second kappa shape index (κ2) is 6.51. The highest BCUT2D eigenvalue weighted by molar-refractivity contribution is 9.08. The van der Waals surface area contributed by atoms with Gasteiger partial charge >= 0.3 is 5.97 Å². The van der Waals surface area contributed by atoms with Crippen LogP contribution in [0.4, 0.5) is 0 Å². The van der Waals surface area contributed by atoms with Crippen molar-refractivity contribution in [2.24, 2.45) is 0 Å². The Kier molecular flexibility index (Phi) is 5.31. The first kappa shape index (κ1) is 13.9. The van der Waals surface area contributed by atoms with Crippen LogP contribution in [0.3, 0.4) is 0 Å². The highest BCUT2D eigenvalue weighted by Gasteiger charge is 2.16. The van der Waals surface area contributed by atoms with E-state index in [-0.39, 0.29) is 0 Å². The quantitative estimate of drug-likeness (QED) is 0.621. The first-order valence-corrected chi connectivity index (χ1v) is 6.24. The Bertz CT molecular complexity index is 417. The van der Waals surface area contributed by atoms with E-state index in [4.69, 9.17) is 5.11 Å². The third-order valence-corrected chi connectivity index (χ3v) is 3.06. The van der Waals surface area contributed by atoms with Crippen molar-refractivity contribution >= 4 is 28.2 Å². The van der Waals surface area contributed by atoms with Crippen LogP contribution < -0.4 is 0 Å². The largest absolute Gasteiger partial charge is 0.479 e. The Labute approximate surface area is 107 Å². The van der Waals surface area contributed by atoms with Crippen LogP contribution in [0.5, 0.6) is 0 Å². The van der Waals surface area contributed by atoms with Crippen molar-refractivity contribution in [1.29, 1.82) is 0 Å². The summed E-state index contributed by atoms with van der Waals surface area (Å²) >= 11 is 3.30. The van der Waals surface area contributed by atoms with E-state index in [0.717, 1.165) is 17.4 Å². The number of aliphatic hydroxyl groups is 1. The molecule has 0 spiro atoms. The van der Waals surface area contributed by atoms with Gasteiger partial charge in [-0.1, -0.05) is 34.1 Å². The Morgan fingerprint density at radius 1 is 1.41 bits per heavy atom. The molecule has 1 aromatic carbocycles. The fraction of sp³-hybridized carbons (Fsp3) is 0.333. The number of carboxylic acids is 1. The molecule has 1 atom stereocenters. The van der Waals surface area contributed by atoms with Gasteiger partial charge in [-0.25, -0.2) is 4.79 Å². The average molecular weight is 301 g/mol. The van der Waals surface area contributed by atoms with Crippen molar-refractivity contribution in [3.63, 3.8) is 0 Å². The van der Waals surface area contributed by atoms with E-state index in [1.54, 1.807) is 18.2 Å². The van der Waals surface area contributed by atoms with Crippen LogP contribution in [0.15, 0.2) is 18.2 Å². The normalized spacial score (nSPS) is 12.1. The van der Waals surface area contributed by atoms with Crippen molar-refractivity contribution in [2.75, 3.05) is 0 Å². The Morgan fingerprint density at radius 3 is 2.65 bits per heavy atom. The number of hydrogen-bond donors (Lipinski definition) is 2. The van der Waals surface area contributed by atoms with E-state index in [1.807, 2.05) is 0 Å². The Morgan fingerprint density at radius 2 is 2.12 bits per heavy atom. The van der Waals surface area contributed by atoms with E-state index in [9.17, 15) is 14.7 Å². The monoisotopic (exact) mass is 300 g/mol. The smallest absolute Gasteiger partial charge is 0.337 e. The predicted octanol–water partition coefficient (Wildman–Crippen LogP) is 1.83. The van der Waals surface area contributed by atoms with Gasteiger partial charge < -0.3 is 15.0 Å². The van der Waals surface area contributed by atoms with E-state index in [1.165, 1.54) is 0 Å². The Balaban J connectivity index is 2.99. The van der Waals surface area contributed by atoms with Gasteiger partial charge in [-0.2, -0.15) is 0 Å². The summed E-state index contributed by atoms with van der Waals surface area (Å²) in [5.74, 6) is -1.27. The third-order valence-electron chi connectivity index (χ3n) is 2.46. The van der Waals surface area contributed by atoms with E-state index in [2.05, 4.69) is 15.9 Å². The van der Waals surface area contributed by atoms with Crippen LogP contribution in [0.2, 0.25) is 0 Å². The number of rotatable bonds is 6. The summed E-state index contributed by atoms with van der Waals surface area (Å²) in [4.78, 5) is 21.0. The molecule has 1 unspecified atom stereocenters. The van der Waals surface area contributed by atoms with Crippen LogP contribution in [0.25, 0.3) is 0 Å². The van der Waals surface area contributed by atoms with E-state index < -0.39 is 12.1 Å². The fourth-order valence-electron chi connectivity index (χ4n) is 1.54. The van der Waals surface area contributed by atoms with Gasteiger partial charge in [0.2, 0.25) is 0 Å². The van der Waals surface area contributed by atoms with E-state index in [0.29, 0.717) is 23.7 Å². The van der Waals surface area contributed by atoms with Crippen LogP contribution in [-0.4, -0.2) is 22.5 Å². The molecular weight excluding hydrogens is 288 g/mol. The van der Waals surface area contributed by atoms with Crippen molar-refractivity contribution < 1.29 is 19.8 Å². The SMILES string of the molecule is O=CCCc1ccc(C(O)C(=O)O)cc1CBr. The number of carbonyl (C=O) groups excluding carboxylic acids is 1. The molecule has 0 fully saturated rings. The molecule has 0 bridgehead atoms. The molecule has 0 heterocycles. The lowest BCUT2D eigenvalue weighted by Crippen LogP contribution is -2.11. The van der Waals surface area contributed by atoms with E-state index >= 15 is 0 Å². The number of alkyl halides is 1. The summed E-state index contributed by atoms with van der Waals surface area (Å²) in [6.45, 7) is 0. The molecule has 5 heteroatoms. The molecular formula is C12H13BrO4. The highest BCUT2D eigenvalue weighted by atomic mass is 79.9. The summed E-state index contributed by atoms with van der Waals surface area (Å²) in [7, 11) is 0. The number of aliphatic hydroxyl groups excluding tert-OH is 1. The molecule has 1 rings (SSSR count). The van der Waals surface area contributed by atoms with Gasteiger partial charge in [0.05, 0.1) is 0 Å². The number of benzene rings is 1. The zero-order valence-corrected chi connectivity index (χ0v) is 10.7. The molecule has 0 amide bonds. The molecule has 2 N–H and O–H groups in total. The molecule has 1 aromatic rings. The summed E-state index contributed by atoms with van der Waals surface area (Å²) in [6, 6.07) is 4.97. The van der Waals surface area contributed by atoms with Gasteiger partial charge in [0.15, 0.2) is 6.10 Å². The molecule has 0 radical (unpaired) electrons. The molecule has 0 aliphatic carbocycles. The fourth-order valence-corrected chi connectivity index (χ4v) is 2.06. The van der Waals surface area contributed by atoms with Gasteiger partial charge in [-0.15, -0.1) is 0 Å². The maximum Gasteiger partial charge on any atom is 0.337 e. The third kappa shape index (κ3) is 3.64. The summed E-state index contributed by atoms with van der Waals surface area (Å²) in [5.41, 5.74) is 2.22. The first-order chi connectivity index (χ1) is 8.10. The summed E-state index contributed by atoms with van der Waals surface area (Å²) in [6.07, 6.45) is 0.389. The minimum Gasteiger partial charge on any atom is -0.479 e. The number of aryl methyl sites for hydroxylation is 1. The lowest BCUT2D eigenvalue weighted by Gasteiger charge is -2.11. The lowest BCUT2D eigenvalue weighted by molar-refractivity contribution is -0.146. The number of carbonyl (C=O) groups is 2. The summed E-state index contributed by atoms with van der Waals surface area (Å²) < 4.78 is 0. The molecule has 0 aliphatic rings. The molecule has 4 nitrogen and oxygen atoms in total. The van der Waals surface area contributed by atoms with Crippen LogP contribution in [0.1, 0.15) is 29.2 Å². The molecule has 92 valence electrons. The minimum atomic E-state index is -1.51. The highest BCUT2D eigenvalue weighted by Crippen LogP contribution is 2.21. The van der Waals surface area contributed by atoms with Crippen molar-refractivity contribution in [3.8, 4) is 0 Å². The van der Waals surface area contributed by atoms with Crippen LogP contribution >= 0.6 is 15.9 Å². The van der Waals surface area contributed by atoms with Gasteiger partial charge in [-0.05, 0) is 23.1 Å². The van der Waals surface area contributed by atoms with Crippen LogP contribution in [0, 0.1) is 0 Å². The number of halogens is 1. The standard InChI is InChI=1S/C12H13BrO4/c13-7-10-6-9(11(15)12(16)17)4-3-8(10)2-1-5-14/h3-6,11,15H,1-2,7H2,(H,16,17). The molecule has 17 heavy (non-hydrogen) atoms. The van der Waals surface area contributed by atoms with Gasteiger partial charge in [0.25, 0.3) is 0 Å². The molecule has 0 saturated heterocycles. The number of hydrogen-bond acceptors (Lipinski definition) is 3. The molecule has 0 saturated carbocycles. The second-order valence-corrected chi connectivity index (χ2v) is 4.17. The zero-order chi connectivity index (χ0) is 12.8. The molecule has 0 aliphatic heterocycles. The lowest BCUT2D eigenvalue weighted by atomic mass is 9.99. The first-order valence-electron chi connectivity index (χ1n) is 5.12.